The molecule has 0 bridgehead atoms. The summed E-state index contributed by atoms with van der Waals surface area (Å²) in [4.78, 5) is 24.8. The minimum absolute atomic E-state index is 0.154. The van der Waals surface area contributed by atoms with Crippen LogP contribution in [0.4, 0.5) is 4.39 Å². The molecule has 138 valence electrons. The summed E-state index contributed by atoms with van der Waals surface area (Å²) in [6, 6.07) is 12.5. The summed E-state index contributed by atoms with van der Waals surface area (Å²) in [6.45, 7) is 0.154. The second-order valence-electron chi connectivity index (χ2n) is 5.56. The number of benzene rings is 2. The molecular formula is C19H20FNO5. The van der Waals surface area contributed by atoms with Gasteiger partial charge in [-0.15, -0.1) is 0 Å². The summed E-state index contributed by atoms with van der Waals surface area (Å²) in [5, 5.41) is 8.98. The lowest BCUT2D eigenvalue weighted by atomic mass is 10.1. The fraction of sp³-hybridized carbons (Fsp3) is 0.263. The predicted octanol–water partition coefficient (Wildman–Crippen LogP) is 2.58. The zero-order chi connectivity index (χ0) is 18.9. The maximum absolute atomic E-state index is 13.2. The van der Waals surface area contributed by atoms with Crippen LogP contribution in [-0.4, -0.2) is 48.7 Å². The average molecular weight is 361 g/mol. The van der Waals surface area contributed by atoms with E-state index in [2.05, 4.69) is 0 Å². The van der Waals surface area contributed by atoms with Crippen molar-refractivity contribution in [1.82, 2.24) is 4.90 Å². The second kappa shape index (κ2) is 9.53. The standard InChI is InChI=1S/C19H20FNO5/c1-25-9-8-21(12-18(22)23)19(24)15-5-2-4-14(10-15)13-26-17-7-3-6-16(20)11-17/h2-7,10-11H,8-9,12-13H2,1H3,(H,22,23). The molecule has 2 aromatic carbocycles. The van der Waals surface area contributed by atoms with Gasteiger partial charge in [0, 0.05) is 25.3 Å². The van der Waals surface area contributed by atoms with Crippen molar-refractivity contribution >= 4 is 11.9 Å². The van der Waals surface area contributed by atoms with E-state index in [4.69, 9.17) is 14.6 Å². The van der Waals surface area contributed by atoms with Gasteiger partial charge in [-0.05, 0) is 29.8 Å². The molecule has 6 nitrogen and oxygen atoms in total. The first kappa shape index (κ1) is 19.4. The summed E-state index contributed by atoms with van der Waals surface area (Å²) in [5.74, 6) is -1.51. The molecule has 7 heteroatoms. The fourth-order valence-electron chi connectivity index (χ4n) is 2.32. The van der Waals surface area contributed by atoms with E-state index in [0.29, 0.717) is 16.9 Å². The van der Waals surface area contributed by atoms with Crippen LogP contribution in [0.3, 0.4) is 0 Å². The first-order valence-corrected chi connectivity index (χ1v) is 7.97. The van der Waals surface area contributed by atoms with E-state index in [-0.39, 0.29) is 19.8 Å². The van der Waals surface area contributed by atoms with Gasteiger partial charge in [-0.25, -0.2) is 4.39 Å². The largest absolute Gasteiger partial charge is 0.489 e. The molecule has 0 atom stereocenters. The Balaban J connectivity index is 2.08. The lowest BCUT2D eigenvalue weighted by Gasteiger charge is -2.20. The summed E-state index contributed by atoms with van der Waals surface area (Å²) in [7, 11) is 1.48. The number of hydrogen-bond donors (Lipinski definition) is 1. The molecule has 0 fully saturated rings. The zero-order valence-corrected chi connectivity index (χ0v) is 14.4. The maximum Gasteiger partial charge on any atom is 0.323 e. The first-order chi connectivity index (χ1) is 12.5. The van der Waals surface area contributed by atoms with Gasteiger partial charge in [-0.1, -0.05) is 18.2 Å². The predicted molar refractivity (Wildman–Crippen MR) is 92.6 cm³/mol. The number of aliphatic carboxylic acids is 1. The van der Waals surface area contributed by atoms with Crippen LogP contribution in [0.25, 0.3) is 0 Å². The normalized spacial score (nSPS) is 10.4. The van der Waals surface area contributed by atoms with E-state index in [1.807, 2.05) is 0 Å². The lowest BCUT2D eigenvalue weighted by Crippen LogP contribution is -2.38. The van der Waals surface area contributed by atoms with Gasteiger partial charge in [0.2, 0.25) is 0 Å². The Morgan fingerprint density at radius 3 is 2.62 bits per heavy atom. The van der Waals surface area contributed by atoms with E-state index in [1.165, 1.54) is 24.1 Å². The third-order valence-electron chi connectivity index (χ3n) is 3.55. The van der Waals surface area contributed by atoms with Crippen LogP contribution in [0.5, 0.6) is 5.75 Å². The van der Waals surface area contributed by atoms with Crippen molar-refractivity contribution in [1.29, 1.82) is 0 Å². The average Bonchev–Trinajstić information content (AvgIpc) is 2.63. The number of halogens is 1. The van der Waals surface area contributed by atoms with Gasteiger partial charge in [0.05, 0.1) is 6.61 Å². The van der Waals surface area contributed by atoms with E-state index in [1.54, 1.807) is 36.4 Å². The van der Waals surface area contributed by atoms with Crippen LogP contribution >= 0.6 is 0 Å². The van der Waals surface area contributed by atoms with Crippen molar-refractivity contribution in [2.24, 2.45) is 0 Å². The molecule has 1 N–H and O–H groups in total. The van der Waals surface area contributed by atoms with Crippen LogP contribution in [0.15, 0.2) is 48.5 Å². The van der Waals surface area contributed by atoms with Crippen molar-refractivity contribution in [2.45, 2.75) is 6.61 Å². The molecule has 0 radical (unpaired) electrons. The summed E-state index contributed by atoms with van der Waals surface area (Å²) < 4.78 is 23.6. The number of carbonyl (C=O) groups is 2. The molecule has 0 unspecified atom stereocenters. The number of nitrogens with zero attached hydrogens (tertiary/aromatic N) is 1. The Labute approximate surface area is 150 Å². The quantitative estimate of drug-likeness (QED) is 0.743. The number of hydrogen-bond acceptors (Lipinski definition) is 4. The number of amides is 1. The second-order valence-corrected chi connectivity index (χ2v) is 5.56. The van der Waals surface area contributed by atoms with Gasteiger partial charge >= 0.3 is 5.97 Å². The number of carbonyl (C=O) groups excluding carboxylic acids is 1. The third kappa shape index (κ3) is 5.86. The molecule has 0 aromatic heterocycles. The molecule has 0 spiro atoms. The van der Waals surface area contributed by atoms with Crippen molar-refractivity contribution in [3.8, 4) is 5.75 Å². The highest BCUT2D eigenvalue weighted by molar-refractivity contribution is 5.96. The van der Waals surface area contributed by atoms with Crippen molar-refractivity contribution in [3.05, 3.63) is 65.5 Å². The Hall–Kier alpha value is -2.93. The Bertz CT molecular complexity index is 765. The molecule has 0 aliphatic rings. The van der Waals surface area contributed by atoms with E-state index in [9.17, 15) is 14.0 Å². The Morgan fingerprint density at radius 2 is 1.92 bits per heavy atom. The first-order valence-electron chi connectivity index (χ1n) is 7.97. The van der Waals surface area contributed by atoms with E-state index < -0.39 is 24.2 Å². The van der Waals surface area contributed by atoms with Gasteiger partial charge in [0.15, 0.2) is 0 Å². The molecule has 2 rings (SSSR count). The lowest BCUT2D eigenvalue weighted by molar-refractivity contribution is -0.137. The highest BCUT2D eigenvalue weighted by Gasteiger charge is 2.18. The molecule has 0 saturated heterocycles. The topological polar surface area (TPSA) is 76.1 Å². The van der Waals surface area contributed by atoms with Crippen LogP contribution in [0.2, 0.25) is 0 Å². The van der Waals surface area contributed by atoms with Gasteiger partial charge in [0.25, 0.3) is 5.91 Å². The molecule has 1 amide bonds. The smallest absolute Gasteiger partial charge is 0.323 e. The summed E-state index contributed by atoms with van der Waals surface area (Å²) in [5.41, 5.74) is 1.06. The minimum atomic E-state index is -1.10. The molecule has 0 aliphatic heterocycles. The highest BCUT2D eigenvalue weighted by Crippen LogP contribution is 2.15. The molecule has 0 heterocycles. The van der Waals surface area contributed by atoms with Crippen molar-refractivity contribution in [3.63, 3.8) is 0 Å². The number of ether oxygens (including phenoxy) is 2. The third-order valence-corrected chi connectivity index (χ3v) is 3.55. The van der Waals surface area contributed by atoms with Gasteiger partial charge in [0.1, 0.15) is 24.7 Å². The zero-order valence-electron chi connectivity index (χ0n) is 14.4. The molecule has 0 saturated carbocycles. The van der Waals surface area contributed by atoms with Gasteiger partial charge < -0.3 is 19.5 Å². The van der Waals surface area contributed by atoms with Crippen LogP contribution in [-0.2, 0) is 16.1 Å². The molecule has 2 aromatic rings. The van der Waals surface area contributed by atoms with E-state index in [0.717, 1.165) is 0 Å². The number of carboxylic acids is 1. The van der Waals surface area contributed by atoms with Gasteiger partial charge in [-0.2, -0.15) is 0 Å². The van der Waals surface area contributed by atoms with Crippen LogP contribution in [0.1, 0.15) is 15.9 Å². The van der Waals surface area contributed by atoms with Crippen molar-refractivity contribution < 1.29 is 28.6 Å². The van der Waals surface area contributed by atoms with E-state index >= 15 is 0 Å². The monoisotopic (exact) mass is 361 g/mol. The minimum Gasteiger partial charge on any atom is -0.489 e. The fourth-order valence-corrected chi connectivity index (χ4v) is 2.32. The highest BCUT2D eigenvalue weighted by atomic mass is 19.1. The molecular weight excluding hydrogens is 341 g/mol. The van der Waals surface area contributed by atoms with Gasteiger partial charge in [-0.3, -0.25) is 9.59 Å². The van der Waals surface area contributed by atoms with Crippen LogP contribution in [0, 0.1) is 5.82 Å². The summed E-state index contributed by atoms with van der Waals surface area (Å²) >= 11 is 0. The SMILES string of the molecule is COCCN(CC(=O)O)C(=O)c1cccc(COc2cccc(F)c2)c1. The van der Waals surface area contributed by atoms with Crippen LogP contribution < -0.4 is 4.74 Å². The Kier molecular flexibility index (Phi) is 7.11. The maximum atomic E-state index is 13.2. The summed E-state index contributed by atoms with van der Waals surface area (Å²) in [6.07, 6.45) is 0. The molecule has 26 heavy (non-hydrogen) atoms. The van der Waals surface area contributed by atoms with Crippen molar-refractivity contribution in [2.75, 3.05) is 26.8 Å². The number of carboxylic acid groups (broad SMARTS) is 1. The Morgan fingerprint density at radius 1 is 1.15 bits per heavy atom. The number of methoxy groups -OCH3 is 1. The number of rotatable bonds is 9. The molecule has 0 aliphatic carbocycles.